The first-order valence-electron chi connectivity index (χ1n) is 12.7. The molecule has 2 fully saturated rings. The number of aromatic hydroxyl groups is 1. The molecule has 0 spiro atoms. The van der Waals surface area contributed by atoms with Gasteiger partial charge in [0.2, 0.25) is 0 Å². The van der Waals surface area contributed by atoms with E-state index in [0.717, 1.165) is 39.0 Å². The number of phenols is 1. The van der Waals surface area contributed by atoms with E-state index in [0.29, 0.717) is 45.8 Å². The minimum Gasteiger partial charge on any atom is -0.508 e. The second kappa shape index (κ2) is 9.30. The fourth-order valence-corrected chi connectivity index (χ4v) is 5.39. The van der Waals surface area contributed by atoms with E-state index in [1.165, 1.54) is 24.3 Å². The van der Waals surface area contributed by atoms with Crippen molar-refractivity contribution in [3.63, 3.8) is 0 Å². The summed E-state index contributed by atoms with van der Waals surface area (Å²) in [7, 11) is 2.08. The van der Waals surface area contributed by atoms with Crippen LogP contribution in [0.2, 0.25) is 0 Å². The summed E-state index contributed by atoms with van der Waals surface area (Å²) in [5, 5.41) is 11.6. The predicted molar refractivity (Wildman–Crippen MR) is 143 cm³/mol. The zero-order valence-corrected chi connectivity index (χ0v) is 21.3. The highest BCUT2D eigenvalue weighted by molar-refractivity contribution is 6.03. The zero-order chi connectivity index (χ0) is 26.6. The lowest BCUT2D eigenvalue weighted by Crippen LogP contribution is -2.38. The molecule has 0 aliphatic carbocycles. The molecule has 0 unspecified atom stereocenters. The molecule has 2 aliphatic heterocycles. The first kappa shape index (κ1) is 24.2. The summed E-state index contributed by atoms with van der Waals surface area (Å²) in [5.41, 5.74) is 0.635. The smallest absolute Gasteiger partial charge is 0.349 e. The third-order valence-corrected chi connectivity index (χ3v) is 7.50. The van der Waals surface area contributed by atoms with Crippen LogP contribution in [0.3, 0.4) is 0 Å². The van der Waals surface area contributed by atoms with Crippen molar-refractivity contribution in [2.24, 2.45) is 5.92 Å². The number of rotatable bonds is 5. The van der Waals surface area contributed by atoms with Gasteiger partial charge in [-0.05, 0) is 56.9 Å². The number of aromatic nitrogens is 2. The van der Waals surface area contributed by atoms with E-state index in [2.05, 4.69) is 27.8 Å². The van der Waals surface area contributed by atoms with Crippen molar-refractivity contribution in [1.82, 2.24) is 14.9 Å². The third kappa shape index (κ3) is 4.02. The van der Waals surface area contributed by atoms with Crippen molar-refractivity contribution in [3.05, 3.63) is 51.6 Å². The van der Waals surface area contributed by atoms with Gasteiger partial charge >= 0.3 is 11.6 Å². The second-order valence-electron chi connectivity index (χ2n) is 10.1. The molecule has 6 rings (SSSR count). The van der Waals surface area contributed by atoms with Gasteiger partial charge in [-0.25, -0.2) is 9.18 Å². The number of fused-ring (bicyclic) bond motifs is 2. The van der Waals surface area contributed by atoms with Crippen LogP contribution in [0.1, 0.15) is 24.0 Å². The minimum atomic E-state index is -0.623. The van der Waals surface area contributed by atoms with Gasteiger partial charge in [0, 0.05) is 42.1 Å². The summed E-state index contributed by atoms with van der Waals surface area (Å²) in [4.78, 5) is 27.0. The molecular formula is C29H27FN4O4. The molecule has 0 bridgehead atoms. The lowest BCUT2D eigenvalue weighted by molar-refractivity contribution is 0.233. The molecule has 2 saturated heterocycles. The van der Waals surface area contributed by atoms with Crippen molar-refractivity contribution in [2.75, 3.05) is 44.7 Å². The van der Waals surface area contributed by atoms with Crippen molar-refractivity contribution < 1.29 is 18.7 Å². The van der Waals surface area contributed by atoms with Gasteiger partial charge in [-0.15, -0.1) is 6.42 Å². The molecule has 2 aliphatic rings. The van der Waals surface area contributed by atoms with E-state index in [1.807, 2.05) is 4.90 Å². The molecule has 8 nitrogen and oxygen atoms in total. The van der Waals surface area contributed by atoms with Gasteiger partial charge in [0.15, 0.2) is 5.82 Å². The predicted octanol–water partition coefficient (Wildman–Crippen LogP) is 4.08. The summed E-state index contributed by atoms with van der Waals surface area (Å²) in [6.07, 6.45) is 7.69. The highest BCUT2D eigenvalue weighted by atomic mass is 19.1. The monoisotopic (exact) mass is 514 g/mol. The first-order valence-corrected chi connectivity index (χ1v) is 12.7. The zero-order valence-electron chi connectivity index (χ0n) is 21.3. The second-order valence-corrected chi connectivity index (χ2v) is 10.1. The van der Waals surface area contributed by atoms with Gasteiger partial charge in [0.25, 0.3) is 0 Å². The summed E-state index contributed by atoms with van der Waals surface area (Å²) in [5.74, 6) is 2.77. The lowest BCUT2D eigenvalue weighted by Gasteiger charge is -2.32. The van der Waals surface area contributed by atoms with Gasteiger partial charge in [-0.1, -0.05) is 12.0 Å². The van der Waals surface area contributed by atoms with E-state index in [-0.39, 0.29) is 28.5 Å². The van der Waals surface area contributed by atoms with Crippen LogP contribution in [0.4, 0.5) is 10.2 Å². The first-order chi connectivity index (χ1) is 18.3. The SMILES string of the molecule is C#Cc1c(F)ccc2cc(O)cc(-c3oc(=O)c4c(N5CCC5)nc(OC[C@@H]5CCN(C)C5)nc4c3C)c12. The van der Waals surface area contributed by atoms with E-state index < -0.39 is 11.4 Å². The number of nitrogens with zero attached hydrogens (tertiary/aromatic N) is 4. The van der Waals surface area contributed by atoms with Crippen LogP contribution >= 0.6 is 0 Å². The third-order valence-electron chi connectivity index (χ3n) is 7.50. The van der Waals surface area contributed by atoms with Crippen molar-refractivity contribution in [1.29, 1.82) is 0 Å². The fraction of sp³-hybridized carbons (Fsp3) is 0.345. The van der Waals surface area contributed by atoms with Crippen LogP contribution < -0.4 is 15.3 Å². The average molecular weight is 515 g/mol. The van der Waals surface area contributed by atoms with Gasteiger partial charge in [-0.2, -0.15) is 9.97 Å². The molecule has 2 aromatic heterocycles. The Labute approximate surface area is 218 Å². The van der Waals surface area contributed by atoms with Crippen LogP contribution in [0.15, 0.2) is 33.5 Å². The molecule has 0 radical (unpaired) electrons. The average Bonchev–Trinajstić information content (AvgIpc) is 3.28. The van der Waals surface area contributed by atoms with Gasteiger partial charge in [0.1, 0.15) is 22.7 Å². The Balaban J connectivity index is 1.56. The topological polar surface area (TPSA) is 91.9 Å². The van der Waals surface area contributed by atoms with E-state index >= 15 is 0 Å². The number of halogens is 1. The summed E-state index contributed by atoms with van der Waals surface area (Å²) >= 11 is 0. The van der Waals surface area contributed by atoms with Crippen LogP contribution in [0.5, 0.6) is 11.8 Å². The molecule has 0 amide bonds. The molecule has 1 atom stereocenters. The molecule has 4 aromatic rings. The normalized spacial score (nSPS) is 17.6. The van der Waals surface area contributed by atoms with E-state index in [4.69, 9.17) is 15.6 Å². The quantitative estimate of drug-likeness (QED) is 0.399. The van der Waals surface area contributed by atoms with Gasteiger partial charge in [-0.3, -0.25) is 0 Å². The maximum Gasteiger partial charge on any atom is 0.349 e. The van der Waals surface area contributed by atoms with Crippen molar-refractivity contribution in [2.45, 2.75) is 19.8 Å². The number of hydrogen-bond acceptors (Lipinski definition) is 8. The molecule has 1 N–H and O–H groups in total. The Kier molecular flexibility index (Phi) is 5.92. The number of aryl methyl sites for hydroxylation is 1. The number of terminal acetylenes is 1. The maximum absolute atomic E-state index is 14.7. The number of benzene rings is 2. The van der Waals surface area contributed by atoms with Crippen LogP contribution in [-0.4, -0.2) is 59.8 Å². The van der Waals surface area contributed by atoms with E-state index in [9.17, 15) is 14.3 Å². The Morgan fingerprint density at radius 1 is 1.24 bits per heavy atom. The van der Waals surface area contributed by atoms with Gasteiger partial charge in [0.05, 0.1) is 17.7 Å². The number of anilines is 1. The molecular weight excluding hydrogens is 487 g/mol. The largest absolute Gasteiger partial charge is 0.508 e. The summed E-state index contributed by atoms with van der Waals surface area (Å²) < 4.78 is 26.6. The number of ether oxygens (including phenoxy) is 1. The maximum atomic E-state index is 14.7. The van der Waals surface area contributed by atoms with Crippen molar-refractivity contribution in [3.8, 4) is 35.4 Å². The highest BCUT2D eigenvalue weighted by Gasteiger charge is 2.27. The molecule has 38 heavy (non-hydrogen) atoms. The Bertz CT molecular complexity index is 1690. The Hall–Kier alpha value is -4.16. The highest BCUT2D eigenvalue weighted by Crippen LogP contribution is 2.39. The number of phenolic OH excluding ortho intramolecular Hbond substituents is 1. The number of hydrogen-bond donors (Lipinski definition) is 1. The minimum absolute atomic E-state index is 0.0224. The molecule has 0 saturated carbocycles. The lowest BCUT2D eigenvalue weighted by atomic mass is 9.95. The Morgan fingerprint density at radius 2 is 2.05 bits per heavy atom. The molecule has 9 heteroatoms. The van der Waals surface area contributed by atoms with Gasteiger partial charge < -0.3 is 24.1 Å². The molecule has 2 aromatic carbocycles. The summed E-state index contributed by atoms with van der Waals surface area (Å²) in [6, 6.07) is 5.89. The number of likely N-dealkylation sites (tertiary alicyclic amines) is 1. The van der Waals surface area contributed by atoms with Crippen molar-refractivity contribution >= 4 is 27.5 Å². The van der Waals surface area contributed by atoms with Crippen LogP contribution in [0, 0.1) is 31.0 Å². The van der Waals surface area contributed by atoms with Crippen LogP contribution in [0.25, 0.3) is 33.0 Å². The standard InChI is InChI=1S/C29H27FN4O4/c1-4-20-22(30)7-6-18-12-19(35)13-21(23(18)20)26-16(2)25-24(28(36)38-26)27(34-9-5-10-34)32-29(31-25)37-15-17-8-11-33(3)14-17/h1,6-7,12-13,17,35H,5,8-11,14-15H2,2-3H3/t17-/m1/s1. The van der Waals surface area contributed by atoms with E-state index in [1.54, 1.807) is 6.92 Å². The summed E-state index contributed by atoms with van der Waals surface area (Å²) in [6.45, 7) is 5.74. The molecule has 194 valence electrons. The Morgan fingerprint density at radius 3 is 2.74 bits per heavy atom. The van der Waals surface area contributed by atoms with Crippen LogP contribution in [-0.2, 0) is 0 Å². The molecule has 4 heterocycles. The fourth-order valence-electron chi connectivity index (χ4n) is 5.39.